The molecule has 0 saturated carbocycles. The van der Waals surface area contributed by atoms with Gasteiger partial charge in [0.2, 0.25) is 0 Å². The van der Waals surface area contributed by atoms with Gasteiger partial charge in [0.15, 0.2) is 5.82 Å². The average Bonchev–Trinajstić information content (AvgIpc) is 2.72. The van der Waals surface area contributed by atoms with E-state index in [0.29, 0.717) is 23.1 Å². The molecule has 164 valence electrons. The maximum atomic E-state index is 12.8. The van der Waals surface area contributed by atoms with Gasteiger partial charge in [-0.2, -0.15) is 18.3 Å². The van der Waals surface area contributed by atoms with Gasteiger partial charge in [-0.05, 0) is 29.7 Å². The zero-order valence-corrected chi connectivity index (χ0v) is 16.9. The summed E-state index contributed by atoms with van der Waals surface area (Å²) in [5.74, 6) is 0.511. The number of aromatic amines is 1. The lowest BCUT2D eigenvalue weighted by Crippen LogP contribution is -2.40. The van der Waals surface area contributed by atoms with Crippen LogP contribution in [-0.4, -0.2) is 29.3 Å². The number of amides is 2. The lowest BCUT2D eigenvalue weighted by atomic mass is 9.93. The second kappa shape index (κ2) is 8.66. The molecular formula is C21H22F3N5O2. The van der Waals surface area contributed by atoms with Crippen molar-refractivity contribution in [3.8, 4) is 0 Å². The Balaban J connectivity index is 1.58. The van der Waals surface area contributed by atoms with Crippen LogP contribution in [0.4, 0.5) is 29.5 Å². The Kier molecular flexibility index (Phi) is 6.19. The molecule has 0 aliphatic carbocycles. The van der Waals surface area contributed by atoms with Crippen LogP contribution in [0.25, 0.3) is 10.8 Å². The highest BCUT2D eigenvalue weighted by Gasteiger charge is 2.30. The predicted octanol–water partition coefficient (Wildman–Crippen LogP) is 4.20. The van der Waals surface area contributed by atoms with Gasteiger partial charge in [-0.25, -0.2) is 9.89 Å². The number of nitrogens with one attached hydrogen (secondary N) is 4. The summed E-state index contributed by atoms with van der Waals surface area (Å²) in [6.45, 7) is 4.46. The fourth-order valence-corrected chi connectivity index (χ4v) is 2.90. The lowest BCUT2D eigenvalue weighted by Gasteiger charge is -2.26. The summed E-state index contributed by atoms with van der Waals surface area (Å²) in [4.78, 5) is 24.0. The first kappa shape index (κ1) is 22.1. The quantitative estimate of drug-likeness (QED) is 0.468. The van der Waals surface area contributed by atoms with Crippen molar-refractivity contribution < 1.29 is 18.0 Å². The third kappa shape index (κ3) is 5.74. The first-order chi connectivity index (χ1) is 14.5. The topological polar surface area (TPSA) is 98.9 Å². The monoisotopic (exact) mass is 433 g/mol. The molecular weight excluding hydrogens is 411 g/mol. The summed E-state index contributed by atoms with van der Waals surface area (Å²) in [6.07, 6.45) is -4.48. The maximum Gasteiger partial charge on any atom is 0.416 e. The van der Waals surface area contributed by atoms with E-state index >= 15 is 0 Å². The number of hydrogen-bond donors (Lipinski definition) is 4. The summed E-state index contributed by atoms with van der Waals surface area (Å²) < 4.78 is 38.4. The number of aromatic nitrogens is 2. The van der Waals surface area contributed by atoms with Crippen LogP contribution in [0.5, 0.6) is 0 Å². The minimum Gasteiger partial charge on any atom is -0.368 e. The van der Waals surface area contributed by atoms with Crippen LogP contribution < -0.4 is 21.5 Å². The number of halogens is 3. The number of urea groups is 1. The number of rotatable bonds is 6. The highest BCUT2D eigenvalue weighted by atomic mass is 19.4. The van der Waals surface area contributed by atoms with E-state index in [1.54, 1.807) is 24.3 Å². The number of carbonyl (C=O) groups is 1. The minimum absolute atomic E-state index is 0.0483. The van der Waals surface area contributed by atoms with Gasteiger partial charge in [0.1, 0.15) is 0 Å². The molecule has 3 aromatic rings. The Morgan fingerprint density at radius 1 is 1.03 bits per heavy atom. The van der Waals surface area contributed by atoms with E-state index in [4.69, 9.17) is 0 Å². The fourth-order valence-electron chi connectivity index (χ4n) is 2.90. The number of H-pyrrole nitrogens is 1. The van der Waals surface area contributed by atoms with Gasteiger partial charge in [-0.1, -0.05) is 38.1 Å². The summed E-state index contributed by atoms with van der Waals surface area (Å²) >= 11 is 0. The van der Waals surface area contributed by atoms with Crippen molar-refractivity contribution in [3.05, 3.63) is 64.4 Å². The molecule has 2 amide bonds. The number of fused-ring (bicyclic) bond motifs is 1. The van der Waals surface area contributed by atoms with Crippen molar-refractivity contribution in [2.45, 2.75) is 20.0 Å². The first-order valence-electron chi connectivity index (χ1n) is 9.49. The van der Waals surface area contributed by atoms with Crippen LogP contribution in [0.3, 0.4) is 0 Å². The van der Waals surface area contributed by atoms with Gasteiger partial charge in [0.25, 0.3) is 5.56 Å². The molecule has 0 aliphatic rings. The van der Waals surface area contributed by atoms with E-state index in [2.05, 4.69) is 26.1 Å². The lowest BCUT2D eigenvalue weighted by molar-refractivity contribution is -0.137. The van der Waals surface area contributed by atoms with Crippen LogP contribution in [-0.2, 0) is 6.18 Å². The van der Waals surface area contributed by atoms with Gasteiger partial charge in [0.05, 0.1) is 10.9 Å². The first-order valence-corrected chi connectivity index (χ1v) is 9.49. The Morgan fingerprint density at radius 3 is 2.45 bits per heavy atom. The average molecular weight is 433 g/mol. The molecule has 2 aromatic carbocycles. The van der Waals surface area contributed by atoms with E-state index < -0.39 is 23.2 Å². The zero-order chi connectivity index (χ0) is 22.6. The van der Waals surface area contributed by atoms with E-state index in [1.807, 2.05) is 13.8 Å². The van der Waals surface area contributed by atoms with Gasteiger partial charge in [-0.15, -0.1) is 0 Å². The van der Waals surface area contributed by atoms with Crippen LogP contribution >= 0.6 is 0 Å². The number of nitrogens with zero attached hydrogens (tertiary/aromatic N) is 1. The second-order valence-electron chi connectivity index (χ2n) is 7.85. The molecule has 31 heavy (non-hydrogen) atoms. The molecule has 0 spiro atoms. The molecule has 4 N–H and O–H groups in total. The molecule has 7 nitrogen and oxygen atoms in total. The van der Waals surface area contributed by atoms with E-state index in [-0.39, 0.29) is 17.8 Å². The molecule has 3 rings (SSSR count). The van der Waals surface area contributed by atoms with Crippen molar-refractivity contribution in [1.82, 2.24) is 15.5 Å². The van der Waals surface area contributed by atoms with Gasteiger partial charge < -0.3 is 16.0 Å². The van der Waals surface area contributed by atoms with Crippen molar-refractivity contribution in [2.24, 2.45) is 5.41 Å². The van der Waals surface area contributed by atoms with Crippen molar-refractivity contribution in [3.63, 3.8) is 0 Å². The van der Waals surface area contributed by atoms with Crippen LogP contribution in [0.1, 0.15) is 19.4 Å². The molecule has 0 atom stereocenters. The highest BCUT2D eigenvalue weighted by molar-refractivity contribution is 5.91. The van der Waals surface area contributed by atoms with Crippen molar-refractivity contribution in [2.75, 3.05) is 23.7 Å². The predicted molar refractivity (Wildman–Crippen MR) is 113 cm³/mol. The second-order valence-corrected chi connectivity index (χ2v) is 7.85. The summed E-state index contributed by atoms with van der Waals surface area (Å²) in [7, 11) is 0. The summed E-state index contributed by atoms with van der Waals surface area (Å²) in [6, 6.07) is 10.9. The third-order valence-electron chi connectivity index (χ3n) is 4.61. The molecule has 0 aliphatic heterocycles. The summed E-state index contributed by atoms with van der Waals surface area (Å²) in [5, 5.41) is 15.9. The zero-order valence-electron chi connectivity index (χ0n) is 16.9. The van der Waals surface area contributed by atoms with Crippen LogP contribution in [0.2, 0.25) is 0 Å². The molecule has 0 unspecified atom stereocenters. The van der Waals surface area contributed by atoms with Crippen LogP contribution in [0, 0.1) is 5.41 Å². The Hall–Kier alpha value is -3.56. The molecule has 1 aromatic heterocycles. The number of alkyl halides is 3. The highest BCUT2D eigenvalue weighted by Crippen LogP contribution is 2.30. The largest absolute Gasteiger partial charge is 0.416 e. The Labute approximate surface area is 176 Å². The van der Waals surface area contributed by atoms with Gasteiger partial charge >= 0.3 is 12.2 Å². The van der Waals surface area contributed by atoms with Gasteiger partial charge in [-0.3, -0.25) is 4.79 Å². The molecule has 0 fully saturated rings. The molecule has 1 heterocycles. The molecule has 0 saturated heterocycles. The standard InChI is InChI=1S/C21H22F3N5O2/c1-20(2,11-25-17-15-8-3-4-9-16(15)18(30)29-28-17)12-26-19(31)27-14-7-5-6-13(10-14)21(22,23)24/h3-10H,11-12H2,1-2H3,(H,25,28)(H,29,30)(H2,26,27,31). The van der Waals surface area contributed by atoms with E-state index in [1.165, 1.54) is 12.1 Å². The maximum absolute atomic E-state index is 12.8. The number of benzene rings is 2. The van der Waals surface area contributed by atoms with Gasteiger partial charge in [0, 0.05) is 24.2 Å². The van der Waals surface area contributed by atoms with E-state index in [9.17, 15) is 22.8 Å². The van der Waals surface area contributed by atoms with Crippen LogP contribution in [0.15, 0.2) is 53.3 Å². The Bertz CT molecular complexity index is 1140. The minimum atomic E-state index is -4.48. The number of carbonyl (C=O) groups excluding carboxylic acids is 1. The normalized spacial score (nSPS) is 11.9. The van der Waals surface area contributed by atoms with E-state index in [0.717, 1.165) is 12.1 Å². The fraction of sp³-hybridized carbons (Fsp3) is 0.286. The van der Waals surface area contributed by atoms with Crippen molar-refractivity contribution >= 4 is 28.3 Å². The SMILES string of the molecule is CC(C)(CNC(=O)Nc1cccc(C(F)(F)F)c1)CNc1n[nH]c(=O)c2ccccc12. The molecule has 10 heteroatoms. The smallest absolute Gasteiger partial charge is 0.368 e. The summed E-state index contributed by atoms with van der Waals surface area (Å²) in [5.41, 5.74) is -1.50. The Morgan fingerprint density at radius 2 is 1.74 bits per heavy atom. The van der Waals surface area contributed by atoms with Crippen molar-refractivity contribution in [1.29, 1.82) is 0 Å². The molecule has 0 bridgehead atoms. The number of hydrogen-bond acceptors (Lipinski definition) is 4. The third-order valence-corrected chi connectivity index (χ3v) is 4.61. The number of anilines is 2. The molecule has 0 radical (unpaired) electrons.